The number of pyridine rings is 1. The summed E-state index contributed by atoms with van der Waals surface area (Å²) in [6.07, 6.45) is 5.69. The Balaban J connectivity index is 1.48. The highest BCUT2D eigenvalue weighted by Gasteiger charge is 2.34. The first-order valence-corrected chi connectivity index (χ1v) is 10.4. The molecule has 154 valence electrons. The molecule has 0 spiro atoms. The first-order valence-electron chi connectivity index (χ1n) is 10.4. The van der Waals surface area contributed by atoms with E-state index in [1.807, 2.05) is 25.4 Å². The third-order valence-electron chi connectivity index (χ3n) is 5.96. The van der Waals surface area contributed by atoms with Gasteiger partial charge in [-0.25, -0.2) is 9.98 Å². The van der Waals surface area contributed by atoms with Gasteiger partial charge in [0.05, 0.1) is 6.04 Å². The van der Waals surface area contributed by atoms with Gasteiger partial charge in [-0.1, -0.05) is 43.8 Å². The van der Waals surface area contributed by atoms with Crippen LogP contribution in [0.1, 0.15) is 19.4 Å². The van der Waals surface area contributed by atoms with Crippen molar-refractivity contribution in [3.63, 3.8) is 0 Å². The van der Waals surface area contributed by atoms with E-state index in [1.54, 1.807) is 6.21 Å². The van der Waals surface area contributed by atoms with Crippen molar-refractivity contribution in [3.05, 3.63) is 73.1 Å². The van der Waals surface area contributed by atoms with Crippen molar-refractivity contribution in [2.24, 2.45) is 10.9 Å². The molecule has 3 aromatic rings. The minimum absolute atomic E-state index is 0.369. The zero-order valence-electron chi connectivity index (χ0n) is 17.9. The Hall–Kier alpha value is -3.34. The number of benzene rings is 1. The van der Waals surface area contributed by atoms with Crippen LogP contribution in [-0.4, -0.2) is 47.3 Å². The lowest BCUT2D eigenvalue weighted by atomic mass is 10.0. The predicted molar refractivity (Wildman–Crippen MR) is 126 cm³/mol. The van der Waals surface area contributed by atoms with E-state index in [9.17, 15) is 0 Å². The van der Waals surface area contributed by atoms with Gasteiger partial charge in [0.15, 0.2) is 0 Å². The zero-order chi connectivity index (χ0) is 21.1. The molecule has 0 aliphatic carbocycles. The van der Waals surface area contributed by atoms with Crippen LogP contribution >= 0.6 is 0 Å². The van der Waals surface area contributed by atoms with E-state index in [0.717, 1.165) is 41.5 Å². The van der Waals surface area contributed by atoms with Gasteiger partial charge in [0.1, 0.15) is 11.6 Å². The molecule has 1 N–H and O–H groups in total. The van der Waals surface area contributed by atoms with E-state index in [-0.39, 0.29) is 0 Å². The largest absolute Gasteiger partial charge is 0.369 e. The lowest BCUT2D eigenvalue weighted by molar-refractivity contribution is 0.472. The maximum Gasteiger partial charge on any atom is 0.138 e. The molecule has 0 amide bonds. The molecule has 1 aliphatic heterocycles. The van der Waals surface area contributed by atoms with E-state index in [2.05, 4.69) is 82.8 Å². The van der Waals surface area contributed by atoms with Crippen molar-refractivity contribution >= 4 is 23.5 Å². The van der Waals surface area contributed by atoms with E-state index in [0.29, 0.717) is 12.0 Å². The van der Waals surface area contributed by atoms with Gasteiger partial charge in [-0.05, 0) is 36.6 Å². The fraction of sp³-hybridized carbons (Fsp3) is 0.280. The smallest absolute Gasteiger partial charge is 0.138 e. The summed E-state index contributed by atoms with van der Waals surface area (Å²) in [7, 11) is 2.14. The lowest BCUT2D eigenvalue weighted by Gasteiger charge is -2.29. The molecule has 5 nitrogen and oxygen atoms in total. The fourth-order valence-electron chi connectivity index (χ4n) is 4.24. The summed E-state index contributed by atoms with van der Waals surface area (Å²) in [6, 6.07) is 17.1. The van der Waals surface area contributed by atoms with Gasteiger partial charge in [0, 0.05) is 55.6 Å². The molecule has 2 atom stereocenters. The van der Waals surface area contributed by atoms with Crippen LogP contribution in [0, 0.1) is 5.92 Å². The van der Waals surface area contributed by atoms with Crippen LogP contribution in [0.5, 0.6) is 0 Å². The maximum absolute atomic E-state index is 4.75. The summed E-state index contributed by atoms with van der Waals surface area (Å²) in [5.41, 5.74) is 4.41. The third-order valence-corrected chi connectivity index (χ3v) is 5.96. The number of aliphatic imine (C=N–C) groups is 1. The van der Waals surface area contributed by atoms with Gasteiger partial charge in [0.25, 0.3) is 0 Å². The summed E-state index contributed by atoms with van der Waals surface area (Å²) in [4.78, 5) is 17.0. The molecule has 1 aromatic carbocycles. The maximum atomic E-state index is 4.75. The minimum atomic E-state index is 0.369. The second-order valence-electron chi connectivity index (χ2n) is 7.91. The Morgan fingerprint density at radius 3 is 2.67 bits per heavy atom. The number of hydrogen-bond acceptors (Lipinski definition) is 4. The fourth-order valence-corrected chi connectivity index (χ4v) is 4.24. The average Bonchev–Trinajstić information content (AvgIpc) is 3.40. The monoisotopic (exact) mass is 399 g/mol. The zero-order valence-corrected chi connectivity index (χ0v) is 17.9. The van der Waals surface area contributed by atoms with E-state index in [4.69, 9.17) is 4.98 Å². The van der Waals surface area contributed by atoms with Crippen LogP contribution in [0.3, 0.4) is 0 Å². The number of H-pyrrole nitrogens is 1. The normalized spacial score (nSPS) is 18.8. The van der Waals surface area contributed by atoms with Gasteiger partial charge < -0.3 is 14.8 Å². The number of hydrogen-bond donors (Lipinski definition) is 1. The Kier molecular flexibility index (Phi) is 5.70. The molecule has 2 aromatic heterocycles. The molecular weight excluding hydrogens is 370 g/mol. The summed E-state index contributed by atoms with van der Waals surface area (Å²) in [5.74, 6) is 2.36. The molecule has 0 bridgehead atoms. The molecule has 0 saturated carbocycles. The molecule has 1 saturated heterocycles. The Labute approximate surface area is 178 Å². The molecule has 3 heterocycles. The predicted octanol–water partition coefficient (Wildman–Crippen LogP) is 5.23. The van der Waals surface area contributed by atoms with Crippen molar-refractivity contribution in [2.45, 2.75) is 19.9 Å². The van der Waals surface area contributed by atoms with Crippen LogP contribution < -0.4 is 4.90 Å². The van der Waals surface area contributed by atoms with Crippen molar-refractivity contribution in [3.8, 4) is 11.1 Å². The Morgan fingerprint density at radius 2 is 1.97 bits per heavy atom. The molecule has 4 rings (SSSR count). The van der Waals surface area contributed by atoms with Gasteiger partial charge in [-0.3, -0.25) is 0 Å². The second-order valence-corrected chi connectivity index (χ2v) is 7.91. The summed E-state index contributed by atoms with van der Waals surface area (Å²) < 4.78 is 0. The molecule has 1 fully saturated rings. The van der Waals surface area contributed by atoms with Crippen LogP contribution in [-0.2, 0) is 0 Å². The molecule has 0 radical (unpaired) electrons. The number of nitrogens with zero attached hydrogens (tertiary/aromatic N) is 4. The van der Waals surface area contributed by atoms with Crippen LogP contribution in [0.15, 0.2) is 72.5 Å². The topological polar surface area (TPSA) is 47.5 Å². The second kappa shape index (κ2) is 8.57. The van der Waals surface area contributed by atoms with Crippen LogP contribution in [0.2, 0.25) is 0 Å². The number of aromatic nitrogens is 2. The lowest BCUT2D eigenvalue weighted by Crippen LogP contribution is -2.37. The number of nitrogens with one attached hydrogen (secondary N) is 1. The summed E-state index contributed by atoms with van der Waals surface area (Å²) >= 11 is 0. The highest BCUT2D eigenvalue weighted by molar-refractivity contribution is 5.73. The van der Waals surface area contributed by atoms with Gasteiger partial charge in [0.2, 0.25) is 0 Å². The van der Waals surface area contributed by atoms with Crippen molar-refractivity contribution in [2.75, 3.05) is 25.0 Å². The standard InChI is InChI=1S/C25H29N5/c1-5-26-25-22(13-14-27-25)19(3)30-16-18(2)23(17-30)29(4)24-12-11-21(15-28-24)20-9-7-6-8-10-20/h5-15,18,23,27H,3,16-17H2,1-2,4H3. The number of aromatic amines is 1. The number of likely N-dealkylation sites (tertiary alicyclic amines) is 1. The molecule has 5 heteroatoms. The number of likely N-dealkylation sites (N-methyl/N-ethyl adjacent to an activating group) is 1. The first kappa shape index (κ1) is 20.0. The summed E-state index contributed by atoms with van der Waals surface area (Å²) in [5, 5.41) is 0. The highest BCUT2D eigenvalue weighted by Crippen LogP contribution is 2.33. The van der Waals surface area contributed by atoms with Crippen LogP contribution in [0.25, 0.3) is 16.8 Å². The summed E-state index contributed by atoms with van der Waals surface area (Å²) in [6.45, 7) is 10.5. The van der Waals surface area contributed by atoms with E-state index >= 15 is 0 Å². The molecular formula is C25H29N5. The van der Waals surface area contributed by atoms with Gasteiger partial charge in [-0.2, -0.15) is 0 Å². The third kappa shape index (κ3) is 3.88. The quantitative estimate of drug-likeness (QED) is 0.578. The SMILES string of the molecule is C=C(c1cc[nH]c1N=CC)N1CC(C)C(N(C)c2ccc(-c3ccccc3)cn2)C1. The van der Waals surface area contributed by atoms with Gasteiger partial charge in [-0.15, -0.1) is 0 Å². The molecule has 30 heavy (non-hydrogen) atoms. The number of rotatable bonds is 6. The van der Waals surface area contributed by atoms with Crippen molar-refractivity contribution in [1.29, 1.82) is 0 Å². The highest BCUT2D eigenvalue weighted by atomic mass is 15.3. The molecule has 1 aliphatic rings. The Bertz CT molecular complexity index is 1020. The Morgan fingerprint density at radius 1 is 1.17 bits per heavy atom. The first-order chi connectivity index (χ1) is 14.6. The average molecular weight is 400 g/mol. The minimum Gasteiger partial charge on any atom is -0.369 e. The van der Waals surface area contributed by atoms with Crippen molar-refractivity contribution in [1.82, 2.24) is 14.9 Å². The van der Waals surface area contributed by atoms with Crippen molar-refractivity contribution < 1.29 is 0 Å². The molecule has 2 unspecified atom stereocenters. The van der Waals surface area contributed by atoms with E-state index in [1.165, 1.54) is 5.56 Å². The van der Waals surface area contributed by atoms with Crippen LogP contribution in [0.4, 0.5) is 11.6 Å². The van der Waals surface area contributed by atoms with E-state index < -0.39 is 0 Å². The van der Waals surface area contributed by atoms with Gasteiger partial charge >= 0.3 is 0 Å². The number of anilines is 1.